The molecule has 2 N–H and O–H groups in total. The maximum Gasteiger partial charge on any atom is 0.253 e. The van der Waals surface area contributed by atoms with Crippen LogP contribution in [0, 0.1) is 0 Å². The van der Waals surface area contributed by atoms with Gasteiger partial charge in [0.15, 0.2) is 0 Å². The molecule has 2 atom stereocenters. The molecule has 23 heavy (non-hydrogen) atoms. The highest BCUT2D eigenvalue weighted by atomic mass is 16.5. The Balaban J connectivity index is 1.63. The molecule has 1 aromatic rings. The van der Waals surface area contributed by atoms with Crippen molar-refractivity contribution in [2.24, 2.45) is 0 Å². The Morgan fingerprint density at radius 1 is 1.30 bits per heavy atom. The van der Waals surface area contributed by atoms with Crippen LogP contribution in [0.15, 0.2) is 24.3 Å². The monoisotopic (exact) mass is 321 g/mol. The highest BCUT2D eigenvalue weighted by Gasteiger charge is 2.43. The molecule has 126 valence electrons. The third-order valence-electron chi connectivity index (χ3n) is 4.86. The Morgan fingerprint density at radius 2 is 2.04 bits per heavy atom. The van der Waals surface area contributed by atoms with Crippen LogP contribution in [0.4, 0.5) is 0 Å². The lowest BCUT2D eigenvalue weighted by atomic mass is 9.82. The topological polar surface area (TPSA) is 79.2 Å². The lowest BCUT2D eigenvalue weighted by Crippen LogP contribution is -2.55. The standard InChI is InChI=1S/C17H23NO5/c1-22-13-4-2-3-12(9-13)16(21)18-7-5-17(6-8-18)10-14(19)15(20)11-23-17/h2-4,9,14-15,19-20H,5-8,10-11H2,1H3/t14-,15+/m1/s1. The molecule has 2 aliphatic rings. The molecular weight excluding hydrogens is 298 g/mol. The van der Waals surface area contributed by atoms with Crippen molar-refractivity contribution in [3.05, 3.63) is 29.8 Å². The maximum absolute atomic E-state index is 12.6. The molecule has 2 fully saturated rings. The molecule has 0 aromatic heterocycles. The second-order valence-corrected chi connectivity index (χ2v) is 6.36. The lowest BCUT2D eigenvalue weighted by Gasteiger charge is -2.46. The van der Waals surface area contributed by atoms with Crippen LogP contribution in [0.2, 0.25) is 0 Å². The molecule has 0 unspecified atom stereocenters. The van der Waals surface area contributed by atoms with Crippen LogP contribution in [-0.2, 0) is 4.74 Å². The van der Waals surface area contributed by atoms with Crippen molar-refractivity contribution >= 4 is 5.91 Å². The minimum absolute atomic E-state index is 0.0184. The van der Waals surface area contributed by atoms with Gasteiger partial charge in [0.05, 0.1) is 25.4 Å². The van der Waals surface area contributed by atoms with Gasteiger partial charge < -0.3 is 24.6 Å². The van der Waals surface area contributed by atoms with Crippen molar-refractivity contribution in [3.63, 3.8) is 0 Å². The highest BCUT2D eigenvalue weighted by Crippen LogP contribution is 2.35. The van der Waals surface area contributed by atoms with Crippen LogP contribution in [0.25, 0.3) is 0 Å². The smallest absolute Gasteiger partial charge is 0.253 e. The van der Waals surface area contributed by atoms with Crippen LogP contribution in [-0.4, -0.2) is 65.6 Å². The molecule has 1 amide bonds. The summed E-state index contributed by atoms with van der Waals surface area (Å²) in [7, 11) is 1.58. The third kappa shape index (κ3) is 3.34. The summed E-state index contributed by atoms with van der Waals surface area (Å²) in [5.74, 6) is 0.646. The number of benzene rings is 1. The Bertz CT molecular complexity index is 568. The first-order valence-corrected chi connectivity index (χ1v) is 7.96. The molecule has 0 saturated carbocycles. The third-order valence-corrected chi connectivity index (χ3v) is 4.86. The Hall–Kier alpha value is -1.63. The molecule has 0 radical (unpaired) electrons. The van der Waals surface area contributed by atoms with Crippen molar-refractivity contribution in [1.82, 2.24) is 4.90 Å². The number of carbonyl (C=O) groups is 1. The van der Waals surface area contributed by atoms with E-state index in [-0.39, 0.29) is 12.5 Å². The van der Waals surface area contributed by atoms with E-state index in [4.69, 9.17) is 9.47 Å². The Kier molecular flexibility index (Phi) is 4.57. The molecule has 6 heteroatoms. The molecule has 2 heterocycles. The predicted molar refractivity (Wildman–Crippen MR) is 83.4 cm³/mol. The molecule has 0 bridgehead atoms. The minimum atomic E-state index is -0.808. The van der Waals surface area contributed by atoms with Crippen molar-refractivity contribution in [1.29, 1.82) is 0 Å². The predicted octanol–water partition coefficient (Wildman–Crippen LogP) is 0.812. The molecular formula is C17H23NO5. The molecule has 3 rings (SSSR count). The number of nitrogens with zero attached hydrogens (tertiary/aromatic N) is 1. The fourth-order valence-corrected chi connectivity index (χ4v) is 3.35. The average Bonchev–Trinajstić information content (AvgIpc) is 2.59. The fourth-order valence-electron chi connectivity index (χ4n) is 3.35. The van der Waals surface area contributed by atoms with Crippen molar-refractivity contribution in [2.45, 2.75) is 37.1 Å². The van der Waals surface area contributed by atoms with Crippen molar-refractivity contribution < 1.29 is 24.5 Å². The van der Waals surface area contributed by atoms with Gasteiger partial charge in [0.1, 0.15) is 11.9 Å². The number of rotatable bonds is 2. The summed E-state index contributed by atoms with van der Waals surface area (Å²) in [6.07, 6.45) is 0.218. The fraction of sp³-hybridized carbons (Fsp3) is 0.588. The minimum Gasteiger partial charge on any atom is -0.497 e. The first-order valence-electron chi connectivity index (χ1n) is 7.96. The van der Waals surface area contributed by atoms with E-state index in [2.05, 4.69) is 0 Å². The molecule has 0 aliphatic carbocycles. The average molecular weight is 321 g/mol. The number of likely N-dealkylation sites (tertiary alicyclic amines) is 1. The summed E-state index contributed by atoms with van der Waals surface area (Å²) >= 11 is 0. The van der Waals surface area contributed by atoms with Gasteiger partial charge in [-0.05, 0) is 31.0 Å². The summed E-state index contributed by atoms with van der Waals surface area (Å²) in [6, 6.07) is 7.14. The van der Waals surface area contributed by atoms with Gasteiger partial charge in [0, 0.05) is 25.1 Å². The number of hydrogen-bond donors (Lipinski definition) is 2. The normalized spacial score (nSPS) is 27.0. The van der Waals surface area contributed by atoms with Gasteiger partial charge >= 0.3 is 0 Å². The van der Waals surface area contributed by atoms with Gasteiger partial charge in [-0.3, -0.25) is 4.79 Å². The van der Waals surface area contributed by atoms with Gasteiger partial charge in [-0.15, -0.1) is 0 Å². The summed E-state index contributed by atoms with van der Waals surface area (Å²) in [5.41, 5.74) is 0.199. The first-order chi connectivity index (χ1) is 11.0. The zero-order valence-electron chi connectivity index (χ0n) is 13.3. The van der Waals surface area contributed by atoms with E-state index in [1.54, 1.807) is 30.2 Å². The van der Waals surface area contributed by atoms with E-state index < -0.39 is 17.8 Å². The van der Waals surface area contributed by atoms with Crippen molar-refractivity contribution in [3.8, 4) is 5.75 Å². The second-order valence-electron chi connectivity index (χ2n) is 6.36. The van der Waals surface area contributed by atoms with Crippen molar-refractivity contribution in [2.75, 3.05) is 26.8 Å². The summed E-state index contributed by atoms with van der Waals surface area (Å²) in [4.78, 5) is 14.4. The lowest BCUT2D eigenvalue weighted by molar-refractivity contribution is -0.185. The van der Waals surface area contributed by atoms with Gasteiger partial charge in [-0.2, -0.15) is 0 Å². The van der Waals surface area contributed by atoms with Gasteiger partial charge in [0.2, 0.25) is 0 Å². The van der Waals surface area contributed by atoms with Crippen LogP contribution >= 0.6 is 0 Å². The van der Waals surface area contributed by atoms with Crippen LogP contribution in [0.1, 0.15) is 29.6 Å². The van der Waals surface area contributed by atoms with E-state index in [1.165, 1.54) is 0 Å². The maximum atomic E-state index is 12.6. The quantitative estimate of drug-likeness (QED) is 0.843. The van der Waals surface area contributed by atoms with Crippen LogP contribution in [0.3, 0.4) is 0 Å². The zero-order valence-corrected chi connectivity index (χ0v) is 13.3. The molecule has 6 nitrogen and oxygen atoms in total. The SMILES string of the molecule is COc1cccc(C(=O)N2CCC3(CC2)C[C@@H](O)[C@@H](O)CO3)c1. The number of piperidine rings is 1. The molecule has 1 aromatic carbocycles. The van der Waals surface area contributed by atoms with E-state index >= 15 is 0 Å². The number of aliphatic hydroxyl groups excluding tert-OH is 2. The Labute approximate surface area is 135 Å². The first kappa shape index (κ1) is 16.2. The van der Waals surface area contributed by atoms with E-state index in [0.717, 1.165) is 0 Å². The van der Waals surface area contributed by atoms with Gasteiger partial charge in [-0.1, -0.05) is 6.07 Å². The largest absolute Gasteiger partial charge is 0.497 e. The molecule has 1 spiro atoms. The molecule has 2 aliphatic heterocycles. The van der Waals surface area contributed by atoms with E-state index in [0.29, 0.717) is 43.7 Å². The van der Waals surface area contributed by atoms with Crippen LogP contribution in [0.5, 0.6) is 5.75 Å². The summed E-state index contributed by atoms with van der Waals surface area (Å²) in [5, 5.41) is 19.5. The number of ether oxygens (including phenoxy) is 2. The van der Waals surface area contributed by atoms with Gasteiger partial charge in [0.25, 0.3) is 5.91 Å². The number of carbonyl (C=O) groups excluding carboxylic acids is 1. The number of hydrogen-bond acceptors (Lipinski definition) is 5. The Morgan fingerprint density at radius 3 is 2.70 bits per heavy atom. The van der Waals surface area contributed by atoms with E-state index in [1.807, 2.05) is 6.07 Å². The van der Waals surface area contributed by atoms with Gasteiger partial charge in [-0.25, -0.2) is 0 Å². The summed E-state index contributed by atoms with van der Waals surface area (Å²) in [6.45, 7) is 1.32. The number of methoxy groups -OCH3 is 1. The van der Waals surface area contributed by atoms with E-state index in [9.17, 15) is 15.0 Å². The summed E-state index contributed by atoms with van der Waals surface area (Å²) < 4.78 is 11.0. The zero-order chi connectivity index (χ0) is 16.4. The second kappa shape index (κ2) is 6.47. The van der Waals surface area contributed by atoms with Crippen LogP contribution < -0.4 is 4.74 Å². The highest BCUT2D eigenvalue weighted by molar-refractivity contribution is 5.94. The molecule has 2 saturated heterocycles. The number of aliphatic hydroxyl groups is 2. The number of amides is 1.